The van der Waals surface area contributed by atoms with Crippen molar-refractivity contribution in [3.05, 3.63) is 6.20 Å². The summed E-state index contributed by atoms with van der Waals surface area (Å²) in [7, 11) is 0. The molecule has 4 unspecified atom stereocenters. The van der Waals surface area contributed by atoms with Crippen LogP contribution >= 0.6 is 22.9 Å². The minimum atomic E-state index is 0.0661. The Labute approximate surface area is 136 Å². The molecule has 0 spiro atoms. The SMILES string of the molecule is Nc1ncc(-c2nnc(NC3CCC4NNCC4C3Cl)s2)[nH]1. The maximum atomic E-state index is 6.64. The summed E-state index contributed by atoms with van der Waals surface area (Å²) < 4.78 is 0. The van der Waals surface area contributed by atoms with Crippen molar-refractivity contribution in [2.45, 2.75) is 30.3 Å². The number of hydrazine groups is 1. The van der Waals surface area contributed by atoms with Crippen LogP contribution in [0.4, 0.5) is 11.1 Å². The fourth-order valence-electron chi connectivity index (χ4n) is 3.14. The summed E-state index contributed by atoms with van der Waals surface area (Å²) in [5.41, 5.74) is 12.8. The molecule has 1 aliphatic carbocycles. The van der Waals surface area contributed by atoms with Crippen LogP contribution in [0.2, 0.25) is 0 Å². The van der Waals surface area contributed by atoms with Crippen LogP contribution < -0.4 is 21.9 Å². The molecule has 2 aromatic rings. The third-order valence-electron chi connectivity index (χ3n) is 4.28. The van der Waals surface area contributed by atoms with Gasteiger partial charge >= 0.3 is 0 Å². The van der Waals surface area contributed by atoms with Gasteiger partial charge in [0.2, 0.25) is 5.13 Å². The molecule has 0 aromatic carbocycles. The van der Waals surface area contributed by atoms with E-state index < -0.39 is 0 Å². The molecule has 1 saturated carbocycles. The molecule has 118 valence electrons. The van der Waals surface area contributed by atoms with Crippen molar-refractivity contribution in [3.8, 4) is 10.7 Å². The maximum Gasteiger partial charge on any atom is 0.206 e. The lowest BCUT2D eigenvalue weighted by Crippen LogP contribution is -2.47. The minimum Gasteiger partial charge on any atom is -0.369 e. The third kappa shape index (κ3) is 2.54. The number of halogens is 1. The van der Waals surface area contributed by atoms with E-state index in [2.05, 4.69) is 36.3 Å². The van der Waals surface area contributed by atoms with Crippen LogP contribution in [-0.2, 0) is 0 Å². The van der Waals surface area contributed by atoms with E-state index >= 15 is 0 Å². The van der Waals surface area contributed by atoms with E-state index in [1.54, 1.807) is 6.20 Å². The van der Waals surface area contributed by atoms with Crippen molar-refractivity contribution in [1.29, 1.82) is 0 Å². The molecule has 2 aliphatic rings. The van der Waals surface area contributed by atoms with Gasteiger partial charge in [0.1, 0.15) is 0 Å². The van der Waals surface area contributed by atoms with Crippen molar-refractivity contribution in [3.63, 3.8) is 0 Å². The molecule has 10 heteroatoms. The standard InChI is InChI=1S/C12H17ClN8S/c13-9-5-3-16-19-6(5)1-2-7(9)18-12-21-20-10(22-12)8-4-15-11(14)17-8/h4-7,9,16,19H,1-3H2,(H,18,21)(H3,14,15,17). The number of hydrogen-bond donors (Lipinski definition) is 5. The normalized spacial score (nSPS) is 31.1. The molecular weight excluding hydrogens is 324 g/mol. The Balaban J connectivity index is 1.46. The van der Waals surface area contributed by atoms with Crippen molar-refractivity contribution in [1.82, 2.24) is 31.0 Å². The number of nitrogen functional groups attached to an aromatic ring is 1. The number of aromatic nitrogens is 4. The van der Waals surface area contributed by atoms with Crippen molar-refractivity contribution < 1.29 is 0 Å². The highest BCUT2D eigenvalue weighted by molar-refractivity contribution is 7.18. The third-order valence-corrected chi connectivity index (χ3v) is 5.80. The van der Waals surface area contributed by atoms with Gasteiger partial charge in [-0.05, 0) is 12.8 Å². The summed E-state index contributed by atoms with van der Waals surface area (Å²) in [6.45, 7) is 0.909. The quantitative estimate of drug-likeness (QED) is 0.524. The zero-order valence-corrected chi connectivity index (χ0v) is 13.3. The van der Waals surface area contributed by atoms with Gasteiger partial charge in [-0.25, -0.2) is 4.98 Å². The number of aromatic amines is 1. The van der Waals surface area contributed by atoms with Gasteiger partial charge in [-0.2, -0.15) is 0 Å². The molecular formula is C12H17ClN8S. The van der Waals surface area contributed by atoms with Gasteiger partial charge in [-0.1, -0.05) is 11.3 Å². The van der Waals surface area contributed by atoms with Crippen LogP contribution in [0.1, 0.15) is 12.8 Å². The summed E-state index contributed by atoms with van der Waals surface area (Å²) in [5, 5.41) is 13.4. The fourth-order valence-corrected chi connectivity index (χ4v) is 4.36. The zero-order valence-electron chi connectivity index (χ0n) is 11.7. The van der Waals surface area contributed by atoms with E-state index in [4.69, 9.17) is 17.3 Å². The van der Waals surface area contributed by atoms with Crippen LogP contribution in [0.5, 0.6) is 0 Å². The lowest BCUT2D eigenvalue weighted by Gasteiger charge is -2.35. The second-order valence-electron chi connectivity index (χ2n) is 5.66. The van der Waals surface area contributed by atoms with E-state index in [1.807, 2.05) is 0 Å². The van der Waals surface area contributed by atoms with Gasteiger partial charge in [0.05, 0.1) is 17.3 Å². The Hall–Kier alpha value is -1.42. The van der Waals surface area contributed by atoms with Crippen LogP contribution in [0, 0.1) is 5.92 Å². The second-order valence-corrected chi connectivity index (χ2v) is 7.14. The average molecular weight is 341 g/mol. The van der Waals surface area contributed by atoms with E-state index in [-0.39, 0.29) is 11.4 Å². The number of hydrogen-bond acceptors (Lipinski definition) is 8. The molecule has 4 atom stereocenters. The molecule has 22 heavy (non-hydrogen) atoms. The van der Waals surface area contributed by atoms with Gasteiger partial charge in [-0.3, -0.25) is 10.9 Å². The molecule has 0 bridgehead atoms. The van der Waals surface area contributed by atoms with Gasteiger partial charge in [0.15, 0.2) is 11.0 Å². The first-order chi connectivity index (χ1) is 10.7. The molecule has 2 fully saturated rings. The molecule has 8 nitrogen and oxygen atoms in total. The Morgan fingerprint density at radius 1 is 1.36 bits per heavy atom. The molecule has 4 rings (SSSR count). The number of anilines is 2. The number of rotatable bonds is 3. The number of imidazole rings is 1. The number of H-pyrrole nitrogens is 1. The Bertz CT molecular complexity index is 657. The second kappa shape index (κ2) is 5.65. The number of nitrogens with two attached hydrogens (primary N) is 1. The Kier molecular flexibility index (Phi) is 3.65. The largest absolute Gasteiger partial charge is 0.369 e. The van der Waals surface area contributed by atoms with Gasteiger partial charge in [0, 0.05) is 24.5 Å². The van der Waals surface area contributed by atoms with Crippen LogP contribution in [0.3, 0.4) is 0 Å². The summed E-state index contributed by atoms with van der Waals surface area (Å²) in [5.74, 6) is 0.813. The topological polar surface area (TPSA) is 117 Å². The highest BCUT2D eigenvalue weighted by Gasteiger charge is 2.41. The molecule has 2 aromatic heterocycles. The predicted molar refractivity (Wildman–Crippen MR) is 86.6 cm³/mol. The Morgan fingerprint density at radius 3 is 3.09 bits per heavy atom. The number of alkyl halides is 1. The van der Waals surface area contributed by atoms with E-state index in [0.29, 0.717) is 17.9 Å². The molecule has 6 N–H and O–H groups in total. The lowest BCUT2D eigenvalue weighted by molar-refractivity contribution is 0.320. The Morgan fingerprint density at radius 2 is 2.27 bits per heavy atom. The van der Waals surface area contributed by atoms with Crippen LogP contribution in [0.25, 0.3) is 10.7 Å². The monoisotopic (exact) mass is 340 g/mol. The van der Waals surface area contributed by atoms with E-state index in [1.165, 1.54) is 11.3 Å². The van der Waals surface area contributed by atoms with Crippen molar-refractivity contribution >= 4 is 34.0 Å². The minimum absolute atomic E-state index is 0.0661. The van der Waals surface area contributed by atoms with Gasteiger partial charge in [-0.15, -0.1) is 21.8 Å². The zero-order chi connectivity index (χ0) is 15.1. The summed E-state index contributed by atoms with van der Waals surface area (Å²) >= 11 is 8.11. The van der Waals surface area contributed by atoms with Crippen molar-refractivity contribution in [2.24, 2.45) is 5.92 Å². The molecule has 1 saturated heterocycles. The van der Waals surface area contributed by atoms with Crippen LogP contribution in [0.15, 0.2) is 6.20 Å². The number of nitrogens with one attached hydrogen (secondary N) is 4. The number of fused-ring (bicyclic) bond motifs is 1. The van der Waals surface area contributed by atoms with Gasteiger partial charge < -0.3 is 16.0 Å². The molecule has 0 radical (unpaired) electrons. The summed E-state index contributed by atoms with van der Waals surface area (Å²) in [4.78, 5) is 6.92. The smallest absolute Gasteiger partial charge is 0.206 e. The molecule has 3 heterocycles. The fraction of sp³-hybridized carbons (Fsp3) is 0.583. The summed E-state index contributed by atoms with van der Waals surface area (Å²) in [6, 6.07) is 0.677. The molecule has 1 aliphatic heterocycles. The van der Waals surface area contributed by atoms with Gasteiger partial charge in [0.25, 0.3) is 0 Å². The highest BCUT2D eigenvalue weighted by atomic mass is 35.5. The van der Waals surface area contributed by atoms with E-state index in [0.717, 1.165) is 35.2 Å². The summed E-state index contributed by atoms with van der Waals surface area (Å²) in [6.07, 6.45) is 3.77. The molecule has 0 amide bonds. The first-order valence-corrected chi connectivity index (χ1v) is 8.49. The maximum absolute atomic E-state index is 6.64. The first-order valence-electron chi connectivity index (χ1n) is 7.24. The predicted octanol–water partition coefficient (Wildman–Crippen LogP) is 0.785. The highest BCUT2D eigenvalue weighted by Crippen LogP contribution is 2.34. The first kappa shape index (κ1) is 14.2. The average Bonchev–Trinajstić information content (AvgIpc) is 3.22. The van der Waals surface area contributed by atoms with E-state index in [9.17, 15) is 0 Å². The van der Waals surface area contributed by atoms with Crippen LogP contribution in [-0.4, -0.2) is 44.2 Å². The lowest BCUT2D eigenvalue weighted by atomic mass is 9.82. The number of nitrogens with zero attached hydrogens (tertiary/aromatic N) is 3. The van der Waals surface area contributed by atoms with Crippen molar-refractivity contribution in [2.75, 3.05) is 17.6 Å².